The second-order valence-corrected chi connectivity index (χ2v) is 5.83. The molecule has 0 aromatic rings. The summed E-state index contributed by atoms with van der Waals surface area (Å²) < 4.78 is 10.7. The maximum atomic E-state index is 11.6. The van der Waals surface area contributed by atoms with Crippen LogP contribution in [0.2, 0.25) is 0 Å². The third-order valence-electron chi connectivity index (χ3n) is 4.51. The van der Waals surface area contributed by atoms with Gasteiger partial charge in [0.2, 0.25) is 0 Å². The van der Waals surface area contributed by atoms with E-state index in [1.807, 2.05) is 0 Å². The lowest BCUT2D eigenvalue weighted by Gasteiger charge is -2.36. The SMILES string of the molecule is CCN1CCOC(CN(CC(=O)OC)C2CCCC2)C1. The highest BCUT2D eigenvalue weighted by Gasteiger charge is 2.29. The number of carbonyl (C=O) groups excluding carboxylic acids is 1. The molecule has 0 bridgehead atoms. The van der Waals surface area contributed by atoms with Gasteiger partial charge in [0.15, 0.2) is 0 Å². The van der Waals surface area contributed by atoms with Crippen LogP contribution in [0.25, 0.3) is 0 Å². The molecule has 5 nitrogen and oxygen atoms in total. The quantitative estimate of drug-likeness (QED) is 0.684. The Balaban J connectivity index is 1.90. The molecule has 0 aromatic carbocycles. The molecule has 0 N–H and O–H groups in total. The minimum atomic E-state index is -0.139. The van der Waals surface area contributed by atoms with Gasteiger partial charge >= 0.3 is 5.97 Å². The number of hydrogen-bond donors (Lipinski definition) is 0. The second kappa shape index (κ2) is 7.96. The van der Waals surface area contributed by atoms with Gasteiger partial charge in [-0.25, -0.2) is 0 Å². The highest BCUT2D eigenvalue weighted by atomic mass is 16.5. The van der Waals surface area contributed by atoms with E-state index in [-0.39, 0.29) is 12.1 Å². The van der Waals surface area contributed by atoms with E-state index in [0.29, 0.717) is 12.6 Å². The van der Waals surface area contributed by atoms with E-state index in [4.69, 9.17) is 9.47 Å². The molecule has 2 rings (SSSR count). The lowest BCUT2D eigenvalue weighted by Crippen LogP contribution is -2.50. The van der Waals surface area contributed by atoms with E-state index in [1.54, 1.807) is 0 Å². The molecule has 116 valence electrons. The smallest absolute Gasteiger partial charge is 0.319 e. The van der Waals surface area contributed by atoms with Crippen molar-refractivity contribution in [2.75, 3.05) is 46.4 Å². The molecule has 2 fully saturated rings. The van der Waals surface area contributed by atoms with Crippen molar-refractivity contribution in [3.63, 3.8) is 0 Å². The molecular weight excluding hydrogens is 256 g/mol. The zero-order valence-corrected chi connectivity index (χ0v) is 12.8. The largest absolute Gasteiger partial charge is 0.468 e. The number of esters is 1. The Morgan fingerprint density at radius 3 is 2.80 bits per heavy atom. The van der Waals surface area contributed by atoms with Crippen LogP contribution in [0.3, 0.4) is 0 Å². The van der Waals surface area contributed by atoms with Crippen LogP contribution in [0.5, 0.6) is 0 Å². The van der Waals surface area contributed by atoms with Crippen LogP contribution in [-0.2, 0) is 14.3 Å². The molecule has 20 heavy (non-hydrogen) atoms. The lowest BCUT2D eigenvalue weighted by molar-refractivity contribution is -0.143. The van der Waals surface area contributed by atoms with Gasteiger partial charge in [-0.15, -0.1) is 0 Å². The lowest BCUT2D eigenvalue weighted by atomic mass is 10.1. The summed E-state index contributed by atoms with van der Waals surface area (Å²) in [5.41, 5.74) is 0. The topological polar surface area (TPSA) is 42.0 Å². The van der Waals surface area contributed by atoms with Crippen molar-refractivity contribution in [2.45, 2.75) is 44.8 Å². The first-order valence-electron chi connectivity index (χ1n) is 7.87. The Morgan fingerprint density at radius 2 is 2.15 bits per heavy atom. The van der Waals surface area contributed by atoms with E-state index >= 15 is 0 Å². The van der Waals surface area contributed by atoms with E-state index in [1.165, 1.54) is 32.8 Å². The molecule has 0 aromatic heterocycles. The number of likely N-dealkylation sites (N-methyl/N-ethyl adjacent to an activating group) is 1. The fourth-order valence-corrected chi connectivity index (χ4v) is 3.28. The monoisotopic (exact) mass is 284 g/mol. The second-order valence-electron chi connectivity index (χ2n) is 5.83. The first kappa shape index (κ1) is 15.7. The molecule has 2 aliphatic rings. The van der Waals surface area contributed by atoms with Crippen molar-refractivity contribution in [1.82, 2.24) is 9.80 Å². The zero-order valence-electron chi connectivity index (χ0n) is 12.8. The Kier molecular flexibility index (Phi) is 6.26. The van der Waals surface area contributed by atoms with Gasteiger partial charge in [0, 0.05) is 25.7 Å². The summed E-state index contributed by atoms with van der Waals surface area (Å²) in [5, 5.41) is 0. The summed E-state index contributed by atoms with van der Waals surface area (Å²) in [6.07, 6.45) is 5.15. The molecule has 1 saturated carbocycles. The average Bonchev–Trinajstić information content (AvgIpc) is 3.00. The molecule has 0 radical (unpaired) electrons. The Morgan fingerprint density at radius 1 is 1.40 bits per heavy atom. The van der Waals surface area contributed by atoms with Crippen LogP contribution >= 0.6 is 0 Å². The van der Waals surface area contributed by atoms with Crippen LogP contribution in [-0.4, -0.2) is 74.4 Å². The van der Waals surface area contributed by atoms with Gasteiger partial charge in [-0.1, -0.05) is 19.8 Å². The highest BCUT2D eigenvalue weighted by molar-refractivity contribution is 5.71. The third kappa shape index (κ3) is 4.43. The molecule has 1 aliphatic carbocycles. The van der Waals surface area contributed by atoms with Gasteiger partial charge in [-0.3, -0.25) is 14.6 Å². The maximum Gasteiger partial charge on any atom is 0.319 e. The molecule has 5 heteroatoms. The molecule has 1 heterocycles. The van der Waals surface area contributed by atoms with Crippen molar-refractivity contribution in [3.05, 3.63) is 0 Å². The van der Waals surface area contributed by atoms with Gasteiger partial charge in [0.1, 0.15) is 0 Å². The van der Waals surface area contributed by atoms with Gasteiger partial charge in [0.25, 0.3) is 0 Å². The maximum absolute atomic E-state index is 11.6. The predicted octanol–water partition coefficient (Wildman–Crippen LogP) is 1.12. The summed E-state index contributed by atoms with van der Waals surface area (Å²) in [7, 11) is 1.46. The minimum Gasteiger partial charge on any atom is -0.468 e. The van der Waals surface area contributed by atoms with Gasteiger partial charge < -0.3 is 9.47 Å². The first-order chi connectivity index (χ1) is 9.72. The summed E-state index contributed by atoms with van der Waals surface area (Å²) in [4.78, 5) is 16.3. The van der Waals surface area contributed by atoms with E-state index in [0.717, 1.165) is 32.8 Å². The Hall–Kier alpha value is -0.650. The summed E-state index contributed by atoms with van der Waals surface area (Å²) >= 11 is 0. The molecule has 0 amide bonds. The van der Waals surface area contributed by atoms with Crippen molar-refractivity contribution in [3.8, 4) is 0 Å². The summed E-state index contributed by atoms with van der Waals surface area (Å²) in [6.45, 7) is 7.29. The van der Waals surface area contributed by atoms with Crippen LogP contribution in [0.4, 0.5) is 0 Å². The van der Waals surface area contributed by atoms with Crippen LogP contribution in [0.1, 0.15) is 32.6 Å². The Labute approximate surface area is 122 Å². The molecule has 0 spiro atoms. The predicted molar refractivity (Wildman–Crippen MR) is 77.7 cm³/mol. The summed E-state index contributed by atoms with van der Waals surface area (Å²) in [5.74, 6) is -0.139. The fourth-order valence-electron chi connectivity index (χ4n) is 3.28. The van der Waals surface area contributed by atoms with Crippen LogP contribution < -0.4 is 0 Å². The fraction of sp³-hybridized carbons (Fsp3) is 0.933. The van der Waals surface area contributed by atoms with E-state index in [9.17, 15) is 4.79 Å². The number of carbonyl (C=O) groups is 1. The number of nitrogens with zero attached hydrogens (tertiary/aromatic N) is 2. The van der Waals surface area contributed by atoms with Crippen LogP contribution in [0.15, 0.2) is 0 Å². The minimum absolute atomic E-state index is 0.139. The summed E-state index contributed by atoms with van der Waals surface area (Å²) in [6, 6.07) is 0.523. The van der Waals surface area contributed by atoms with E-state index in [2.05, 4.69) is 16.7 Å². The molecular formula is C15H28N2O3. The standard InChI is InChI=1S/C15H28N2O3/c1-3-16-8-9-20-14(10-16)11-17(12-15(18)19-2)13-6-4-5-7-13/h13-14H,3-12H2,1-2H3. The van der Waals surface area contributed by atoms with Crippen molar-refractivity contribution in [2.24, 2.45) is 0 Å². The average molecular weight is 284 g/mol. The van der Waals surface area contributed by atoms with Gasteiger partial charge in [-0.2, -0.15) is 0 Å². The number of ether oxygens (including phenoxy) is 2. The van der Waals surface area contributed by atoms with Gasteiger partial charge in [-0.05, 0) is 19.4 Å². The molecule has 1 saturated heterocycles. The number of methoxy groups -OCH3 is 1. The third-order valence-corrected chi connectivity index (χ3v) is 4.51. The number of rotatable bonds is 6. The molecule has 1 unspecified atom stereocenters. The Bertz CT molecular complexity index is 305. The number of morpholine rings is 1. The van der Waals surface area contributed by atoms with Gasteiger partial charge in [0.05, 0.1) is 26.4 Å². The van der Waals surface area contributed by atoms with Crippen molar-refractivity contribution < 1.29 is 14.3 Å². The zero-order chi connectivity index (χ0) is 14.4. The first-order valence-corrected chi connectivity index (χ1v) is 7.87. The van der Waals surface area contributed by atoms with E-state index < -0.39 is 0 Å². The highest BCUT2D eigenvalue weighted by Crippen LogP contribution is 2.24. The number of hydrogen-bond acceptors (Lipinski definition) is 5. The van der Waals surface area contributed by atoms with Crippen molar-refractivity contribution >= 4 is 5.97 Å². The normalized spacial score (nSPS) is 25.2. The molecule has 1 atom stereocenters. The van der Waals surface area contributed by atoms with Crippen molar-refractivity contribution in [1.29, 1.82) is 0 Å². The van der Waals surface area contributed by atoms with Crippen LogP contribution in [0, 0.1) is 0 Å². The molecule has 1 aliphatic heterocycles.